The fourth-order valence-electron chi connectivity index (χ4n) is 1.86. The number of hydrogen-bond donors (Lipinski definition) is 1. The van der Waals surface area contributed by atoms with Gasteiger partial charge in [-0.05, 0) is 13.8 Å². The summed E-state index contributed by atoms with van der Waals surface area (Å²) >= 11 is 0. The zero-order valence-electron chi connectivity index (χ0n) is 9.28. The van der Waals surface area contributed by atoms with Crippen LogP contribution in [0.15, 0.2) is 4.42 Å². The Morgan fingerprint density at radius 2 is 2.25 bits per heavy atom. The number of amides is 1. The van der Waals surface area contributed by atoms with Crippen LogP contribution >= 0.6 is 0 Å². The summed E-state index contributed by atoms with van der Waals surface area (Å²) in [5, 5.41) is 9.05. The van der Waals surface area contributed by atoms with Gasteiger partial charge >= 0.3 is 0 Å². The number of furan rings is 1. The first-order chi connectivity index (χ1) is 7.54. The number of aryl methyl sites for hydroxylation is 1. The number of nitrogens with zero attached hydrogens (tertiary/aromatic N) is 2. The van der Waals surface area contributed by atoms with Crippen LogP contribution in [-0.2, 0) is 4.79 Å². The smallest absolute Gasteiger partial charge is 0.231 e. The number of nitriles is 1. The van der Waals surface area contributed by atoms with Crippen LogP contribution < -0.4 is 10.6 Å². The lowest BCUT2D eigenvalue weighted by Crippen LogP contribution is -2.28. The maximum absolute atomic E-state index is 11.7. The van der Waals surface area contributed by atoms with Crippen molar-refractivity contribution in [1.82, 2.24) is 0 Å². The van der Waals surface area contributed by atoms with Crippen molar-refractivity contribution in [2.24, 2.45) is 5.73 Å². The van der Waals surface area contributed by atoms with Crippen LogP contribution in [0.25, 0.3) is 0 Å². The summed E-state index contributed by atoms with van der Waals surface area (Å²) in [6, 6.07) is 1.89. The van der Waals surface area contributed by atoms with Crippen molar-refractivity contribution in [2.45, 2.75) is 26.3 Å². The minimum atomic E-state index is -0.176. The zero-order chi connectivity index (χ0) is 11.9. The summed E-state index contributed by atoms with van der Waals surface area (Å²) in [6.45, 7) is 4.00. The molecule has 1 aromatic rings. The number of carbonyl (C=O) groups is 1. The third-order valence-corrected chi connectivity index (χ3v) is 2.88. The third-order valence-electron chi connectivity index (χ3n) is 2.88. The highest BCUT2D eigenvalue weighted by Gasteiger charge is 2.33. The van der Waals surface area contributed by atoms with Crippen LogP contribution in [-0.4, -0.2) is 18.5 Å². The zero-order valence-corrected chi connectivity index (χ0v) is 9.28. The van der Waals surface area contributed by atoms with Gasteiger partial charge in [-0.15, -0.1) is 0 Å². The molecule has 1 amide bonds. The molecule has 1 aromatic heterocycles. The van der Waals surface area contributed by atoms with Gasteiger partial charge < -0.3 is 10.2 Å². The molecule has 1 aliphatic heterocycles. The largest absolute Gasteiger partial charge is 0.444 e. The van der Waals surface area contributed by atoms with Crippen LogP contribution in [0.4, 0.5) is 5.88 Å². The Morgan fingerprint density at radius 3 is 2.75 bits per heavy atom. The van der Waals surface area contributed by atoms with E-state index in [0.29, 0.717) is 30.2 Å². The quantitative estimate of drug-likeness (QED) is 0.758. The summed E-state index contributed by atoms with van der Waals surface area (Å²) in [6.07, 6.45) is 0.309. The van der Waals surface area contributed by atoms with E-state index in [1.165, 1.54) is 4.90 Å². The molecule has 0 radical (unpaired) electrons. The summed E-state index contributed by atoms with van der Waals surface area (Å²) in [7, 11) is 0. The van der Waals surface area contributed by atoms with E-state index in [1.54, 1.807) is 13.8 Å². The van der Waals surface area contributed by atoms with E-state index in [9.17, 15) is 4.79 Å². The van der Waals surface area contributed by atoms with Gasteiger partial charge in [-0.25, -0.2) is 0 Å². The number of nitrogens with two attached hydrogens (primary N) is 1. The summed E-state index contributed by atoms with van der Waals surface area (Å²) < 4.78 is 5.47. The number of rotatable bonds is 1. The van der Waals surface area contributed by atoms with Gasteiger partial charge in [-0.3, -0.25) is 9.69 Å². The average molecular weight is 219 g/mol. The summed E-state index contributed by atoms with van der Waals surface area (Å²) in [4.78, 5) is 13.1. The molecule has 1 fully saturated rings. The fourth-order valence-corrected chi connectivity index (χ4v) is 1.86. The molecule has 1 atom stereocenters. The lowest BCUT2D eigenvalue weighted by atomic mass is 10.2. The molecule has 1 saturated heterocycles. The molecule has 2 heterocycles. The molecule has 0 spiro atoms. The lowest BCUT2D eigenvalue weighted by Gasteiger charge is -2.12. The second-order valence-electron chi connectivity index (χ2n) is 4.04. The van der Waals surface area contributed by atoms with E-state index in [-0.39, 0.29) is 11.9 Å². The maximum atomic E-state index is 11.7. The second-order valence-corrected chi connectivity index (χ2v) is 4.04. The Balaban J connectivity index is 2.46. The Labute approximate surface area is 93.4 Å². The monoisotopic (exact) mass is 219 g/mol. The number of carbonyl (C=O) groups excluding carboxylic acids is 1. The van der Waals surface area contributed by atoms with Crippen LogP contribution in [0.5, 0.6) is 0 Å². The minimum Gasteiger partial charge on any atom is -0.444 e. The van der Waals surface area contributed by atoms with Crippen molar-refractivity contribution in [2.75, 3.05) is 11.4 Å². The van der Waals surface area contributed by atoms with E-state index in [4.69, 9.17) is 15.4 Å². The third kappa shape index (κ3) is 1.48. The molecule has 2 N–H and O–H groups in total. The summed E-state index contributed by atoms with van der Waals surface area (Å²) in [5.74, 6) is 0.924. The van der Waals surface area contributed by atoms with Crippen molar-refractivity contribution in [3.63, 3.8) is 0 Å². The maximum Gasteiger partial charge on any atom is 0.231 e. The molecular formula is C11H13N3O2. The van der Waals surface area contributed by atoms with Gasteiger partial charge in [0.2, 0.25) is 11.8 Å². The highest BCUT2D eigenvalue weighted by molar-refractivity contribution is 5.96. The highest BCUT2D eigenvalue weighted by atomic mass is 16.4. The molecule has 1 unspecified atom stereocenters. The topological polar surface area (TPSA) is 83.3 Å². The van der Waals surface area contributed by atoms with E-state index in [2.05, 4.69) is 6.07 Å². The SMILES string of the molecule is Cc1oc(N2CC(N)CC2=O)c(C#N)c1C. The number of anilines is 1. The Morgan fingerprint density at radius 1 is 1.56 bits per heavy atom. The molecule has 1 aliphatic rings. The molecule has 84 valence electrons. The molecule has 0 aromatic carbocycles. The first-order valence-corrected chi connectivity index (χ1v) is 5.10. The van der Waals surface area contributed by atoms with Gasteiger partial charge in [0, 0.05) is 24.6 Å². The van der Waals surface area contributed by atoms with Crippen molar-refractivity contribution in [1.29, 1.82) is 5.26 Å². The van der Waals surface area contributed by atoms with Crippen molar-refractivity contribution in [3.05, 3.63) is 16.9 Å². The molecule has 0 bridgehead atoms. The molecule has 16 heavy (non-hydrogen) atoms. The summed E-state index contributed by atoms with van der Waals surface area (Å²) in [5.41, 5.74) is 6.92. The normalized spacial score (nSPS) is 20.2. The lowest BCUT2D eigenvalue weighted by molar-refractivity contribution is -0.117. The fraction of sp³-hybridized carbons (Fsp3) is 0.455. The van der Waals surface area contributed by atoms with Gasteiger partial charge in [0.1, 0.15) is 17.4 Å². The Hall–Kier alpha value is -1.80. The standard InChI is InChI=1S/C11H13N3O2/c1-6-7(2)16-11(9(6)4-12)14-5-8(13)3-10(14)15/h8H,3,5,13H2,1-2H3. The van der Waals surface area contributed by atoms with Gasteiger partial charge in [0.25, 0.3) is 0 Å². The first kappa shape index (κ1) is 10.7. The van der Waals surface area contributed by atoms with Crippen molar-refractivity contribution >= 4 is 11.8 Å². The molecular weight excluding hydrogens is 206 g/mol. The number of hydrogen-bond acceptors (Lipinski definition) is 4. The minimum absolute atomic E-state index is 0.0854. The molecule has 2 rings (SSSR count). The predicted octanol–water partition coefficient (Wildman–Crippen LogP) is 0.832. The molecule has 5 heteroatoms. The first-order valence-electron chi connectivity index (χ1n) is 5.10. The van der Waals surface area contributed by atoms with Crippen molar-refractivity contribution in [3.8, 4) is 6.07 Å². The van der Waals surface area contributed by atoms with Crippen LogP contribution in [0, 0.1) is 25.2 Å². The Bertz CT molecular complexity index is 484. The van der Waals surface area contributed by atoms with Gasteiger partial charge in [-0.1, -0.05) is 0 Å². The van der Waals surface area contributed by atoms with Gasteiger partial charge in [0.15, 0.2) is 0 Å². The van der Waals surface area contributed by atoms with Crippen LogP contribution in [0.1, 0.15) is 23.3 Å². The van der Waals surface area contributed by atoms with E-state index in [1.807, 2.05) is 0 Å². The van der Waals surface area contributed by atoms with Crippen LogP contribution in [0.2, 0.25) is 0 Å². The van der Waals surface area contributed by atoms with E-state index < -0.39 is 0 Å². The van der Waals surface area contributed by atoms with Gasteiger partial charge in [-0.2, -0.15) is 5.26 Å². The molecule has 0 saturated carbocycles. The highest BCUT2D eigenvalue weighted by Crippen LogP contribution is 2.31. The Kier molecular flexibility index (Phi) is 2.44. The predicted molar refractivity (Wildman–Crippen MR) is 57.8 cm³/mol. The molecule has 0 aliphatic carbocycles. The second kappa shape index (κ2) is 3.65. The van der Waals surface area contributed by atoms with E-state index >= 15 is 0 Å². The van der Waals surface area contributed by atoms with Crippen LogP contribution in [0.3, 0.4) is 0 Å². The van der Waals surface area contributed by atoms with Gasteiger partial charge in [0.05, 0.1) is 0 Å². The average Bonchev–Trinajstić information content (AvgIpc) is 2.69. The molecule has 5 nitrogen and oxygen atoms in total. The van der Waals surface area contributed by atoms with Crippen molar-refractivity contribution < 1.29 is 9.21 Å². The van der Waals surface area contributed by atoms with E-state index in [0.717, 1.165) is 5.56 Å².